The molecule has 0 spiro atoms. The Balaban J connectivity index is 2.10. The predicted octanol–water partition coefficient (Wildman–Crippen LogP) is -0.567. The average Bonchev–Trinajstić information content (AvgIpc) is 2.85. The van der Waals surface area contributed by atoms with Crippen LogP contribution < -0.4 is 22.1 Å². The Hall–Kier alpha value is -3.67. The number of aliphatic hydroxyl groups is 1. The molecule has 0 saturated carbocycles. The second-order valence-corrected chi connectivity index (χ2v) is 8.70. The summed E-state index contributed by atoms with van der Waals surface area (Å²) in [5.41, 5.74) is 13.7. The number of esters is 1. The summed E-state index contributed by atoms with van der Waals surface area (Å²) in [6.07, 6.45) is -1.47. The molecule has 11 nitrogen and oxygen atoms in total. The molecule has 2 amide bonds. The molecule has 2 aromatic carbocycles. The smallest absolute Gasteiger partial charge is 0.328 e. The standard InChI is InChI=1S/C25H32N4O7/c1-2-36-25(35)20-10-16-8-14(4-6-22(16)32)13-3-5-21(31)15(7-13)9-18(27)23(33)28-19(24(34)29-20)11-17(30)12-26/h3-8,17-20,30-32H,2,9-12,26-27H2,1H3,(H,28,33)(H,29,34)/t17-,18+,19+,20+/m1/s1. The molecular weight excluding hydrogens is 468 g/mol. The molecule has 9 N–H and O–H groups in total. The summed E-state index contributed by atoms with van der Waals surface area (Å²) in [6, 6.07) is 6.06. The lowest BCUT2D eigenvalue weighted by Crippen LogP contribution is -2.56. The van der Waals surface area contributed by atoms with Gasteiger partial charge < -0.3 is 42.2 Å². The van der Waals surface area contributed by atoms with Crippen molar-refractivity contribution in [1.82, 2.24) is 10.6 Å². The molecule has 3 rings (SSSR count). The van der Waals surface area contributed by atoms with Gasteiger partial charge in [-0.25, -0.2) is 4.79 Å². The molecule has 0 radical (unpaired) electrons. The van der Waals surface area contributed by atoms with Crippen LogP contribution in [0.3, 0.4) is 0 Å². The lowest BCUT2D eigenvalue weighted by Gasteiger charge is -2.25. The zero-order chi connectivity index (χ0) is 26.4. The van der Waals surface area contributed by atoms with E-state index in [2.05, 4.69) is 10.6 Å². The molecule has 1 aliphatic rings. The summed E-state index contributed by atoms with van der Waals surface area (Å²) in [6.45, 7) is 1.53. The minimum atomic E-state index is -1.26. The van der Waals surface area contributed by atoms with Crippen LogP contribution in [0.2, 0.25) is 0 Å². The first-order chi connectivity index (χ1) is 17.1. The number of nitrogens with two attached hydrogens (primary N) is 2. The van der Waals surface area contributed by atoms with E-state index in [1.54, 1.807) is 31.2 Å². The molecule has 4 atom stereocenters. The van der Waals surface area contributed by atoms with E-state index in [1.807, 2.05) is 0 Å². The normalized spacial score (nSPS) is 21.4. The SMILES string of the molecule is CCOC(=O)[C@@H]1Cc2cc(ccc2O)-c2ccc(O)c(c2)C[C@H](N)C(=O)N[C@@H](C[C@@H](O)CN)C(=O)N1. The maximum absolute atomic E-state index is 13.2. The Labute approximate surface area is 208 Å². The molecule has 1 heterocycles. The number of aliphatic hydroxyl groups excluding tert-OH is 1. The van der Waals surface area contributed by atoms with Crippen molar-refractivity contribution in [3.63, 3.8) is 0 Å². The zero-order valence-corrected chi connectivity index (χ0v) is 19.9. The quantitative estimate of drug-likeness (QED) is 0.263. The summed E-state index contributed by atoms with van der Waals surface area (Å²) >= 11 is 0. The number of carbonyl (C=O) groups is 3. The predicted molar refractivity (Wildman–Crippen MR) is 131 cm³/mol. The van der Waals surface area contributed by atoms with E-state index >= 15 is 0 Å². The van der Waals surface area contributed by atoms with Crippen LogP contribution in [0.4, 0.5) is 0 Å². The number of fused-ring (bicyclic) bond motifs is 5. The number of benzene rings is 2. The molecule has 0 aromatic heterocycles. The summed E-state index contributed by atoms with van der Waals surface area (Å²) in [7, 11) is 0. The third-order valence-electron chi connectivity index (χ3n) is 5.99. The molecule has 0 saturated heterocycles. The number of phenols is 2. The topological polar surface area (TPSA) is 197 Å². The fourth-order valence-corrected chi connectivity index (χ4v) is 3.99. The molecule has 0 unspecified atom stereocenters. The zero-order valence-electron chi connectivity index (χ0n) is 19.9. The first-order valence-corrected chi connectivity index (χ1v) is 11.7. The Bertz CT molecular complexity index is 1120. The van der Waals surface area contributed by atoms with Gasteiger partial charge in [-0.1, -0.05) is 12.1 Å². The van der Waals surface area contributed by atoms with Crippen LogP contribution in [0.25, 0.3) is 11.1 Å². The lowest BCUT2D eigenvalue weighted by atomic mass is 9.95. The van der Waals surface area contributed by atoms with Gasteiger partial charge >= 0.3 is 5.97 Å². The Kier molecular flexibility index (Phi) is 8.86. The monoisotopic (exact) mass is 500 g/mol. The maximum Gasteiger partial charge on any atom is 0.328 e. The van der Waals surface area contributed by atoms with Crippen LogP contribution in [-0.4, -0.2) is 70.5 Å². The molecule has 11 heteroatoms. The Morgan fingerprint density at radius 3 is 2.17 bits per heavy atom. The third kappa shape index (κ3) is 6.51. The van der Waals surface area contributed by atoms with Crippen LogP contribution >= 0.6 is 0 Å². The highest BCUT2D eigenvalue weighted by atomic mass is 16.5. The fraction of sp³-hybridized carbons (Fsp3) is 0.400. The number of aromatic hydroxyl groups is 2. The molecule has 4 bridgehead atoms. The molecule has 0 fully saturated rings. The summed E-state index contributed by atoms with van der Waals surface area (Å²) in [4.78, 5) is 38.7. The number of ether oxygens (including phenoxy) is 1. The first-order valence-electron chi connectivity index (χ1n) is 11.7. The molecule has 194 valence electrons. The Morgan fingerprint density at radius 1 is 1.03 bits per heavy atom. The van der Waals surface area contributed by atoms with E-state index in [0.717, 1.165) is 0 Å². The minimum absolute atomic E-state index is 0.0321. The van der Waals surface area contributed by atoms with Crippen LogP contribution in [0, 0.1) is 0 Å². The van der Waals surface area contributed by atoms with Gasteiger partial charge in [-0.3, -0.25) is 9.59 Å². The van der Waals surface area contributed by atoms with E-state index < -0.39 is 42.0 Å². The summed E-state index contributed by atoms with van der Waals surface area (Å²) < 4.78 is 5.11. The van der Waals surface area contributed by atoms with Gasteiger partial charge in [-0.05, 0) is 53.4 Å². The molecular formula is C25H32N4O7. The van der Waals surface area contributed by atoms with Crippen LogP contribution in [0.15, 0.2) is 36.4 Å². The van der Waals surface area contributed by atoms with E-state index in [-0.39, 0.29) is 43.9 Å². The van der Waals surface area contributed by atoms with Gasteiger partial charge in [-0.15, -0.1) is 0 Å². The van der Waals surface area contributed by atoms with Gasteiger partial charge in [0, 0.05) is 25.8 Å². The number of amides is 2. The van der Waals surface area contributed by atoms with E-state index in [4.69, 9.17) is 16.2 Å². The van der Waals surface area contributed by atoms with Gasteiger partial charge in [0.1, 0.15) is 23.6 Å². The number of phenolic OH excluding ortho intramolecular Hbond substituents is 2. The highest BCUT2D eigenvalue weighted by molar-refractivity contribution is 5.92. The van der Waals surface area contributed by atoms with Gasteiger partial charge in [0.15, 0.2) is 0 Å². The third-order valence-corrected chi connectivity index (χ3v) is 5.99. The lowest BCUT2D eigenvalue weighted by molar-refractivity contribution is -0.147. The summed E-state index contributed by atoms with van der Waals surface area (Å²) in [5.74, 6) is -2.32. The molecule has 2 aromatic rings. The number of hydrogen-bond donors (Lipinski definition) is 7. The van der Waals surface area contributed by atoms with Crippen molar-refractivity contribution in [3.05, 3.63) is 47.5 Å². The second kappa shape index (κ2) is 11.8. The van der Waals surface area contributed by atoms with Crippen molar-refractivity contribution >= 4 is 17.8 Å². The van der Waals surface area contributed by atoms with E-state index in [0.29, 0.717) is 22.3 Å². The second-order valence-electron chi connectivity index (χ2n) is 8.70. The van der Waals surface area contributed by atoms with Crippen molar-refractivity contribution in [1.29, 1.82) is 0 Å². The van der Waals surface area contributed by atoms with Crippen LogP contribution in [0.1, 0.15) is 24.5 Å². The van der Waals surface area contributed by atoms with Gasteiger partial charge in [0.2, 0.25) is 11.8 Å². The molecule has 0 aliphatic carbocycles. The fourth-order valence-electron chi connectivity index (χ4n) is 3.99. The van der Waals surface area contributed by atoms with Crippen molar-refractivity contribution < 1.29 is 34.4 Å². The number of hydrogen-bond acceptors (Lipinski definition) is 9. The van der Waals surface area contributed by atoms with Crippen molar-refractivity contribution in [3.8, 4) is 22.6 Å². The largest absolute Gasteiger partial charge is 0.508 e. The average molecular weight is 501 g/mol. The number of carbonyl (C=O) groups excluding carboxylic acids is 3. The van der Waals surface area contributed by atoms with E-state index in [9.17, 15) is 29.7 Å². The maximum atomic E-state index is 13.2. The number of nitrogens with one attached hydrogen (secondary N) is 2. The van der Waals surface area contributed by atoms with E-state index in [1.165, 1.54) is 12.1 Å². The van der Waals surface area contributed by atoms with Crippen LogP contribution in [-0.2, 0) is 32.0 Å². The van der Waals surface area contributed by atoms with Gasteiger partial charge in [0.05, 0.1) is 18.8 Å². The number of rotatable bonds is 5. The van der Waals surface area contributed by atoms with Crippen molar-refractivity contribution in [2.24, 2.45) is 11.5 Å². The van der Waals surface area contributed by atoms with Crippen molar-refractivity contribution in [2.45, 2.75) is 50.4 Å². The molecule has 1 aliphatic heterocycles. The molecule has 36 heavy (non-hydrogen) atoms. The summed E-state index contributed by atoms with van der Waals surface area (Å²) in [5, 5.41) is 36.0. The van der Waals surface area contributed by atoms with Gasteiger partial charge in [-0.2, -0.15) is 0 Å². The van der Waals surface area contributed by atoms with Gasteiger partial charge in [0.25, 0.3) is 0 Å². The van der Waals surface area contributed by atoms with Crippen molar-refractivity contribution in [2.75, 3.05) is 13.2 Å². The van der Waals surface area contributed by atoms with Crippen LogP contribution in [0.5, 0.6) is 11.5 Å². The minimum Gasteiger partial charge on any atom is -0.508 e. The highest BCUT2D eigenvalue weighted by Gasteiger charge is 2.31. The Morgan fingerprint density at radius 2 is 1.61 bits per heavy atom. The highest BCUT2D eigenvalue weighted by Crippen LogP contribution is 2.31. The first kappa shape index (κ1) is 26.9.